The molecular formula is C11H14ClNO2. The molecule has 4 heteroatoms. The van der Waals surface area contributed by atoms with Crippen molar-refractivity contribution in [2.24, 2.45) is 0 Å². The average Bonchev–Trinajstić information content (AvgIpc) is 2.53. The van der Waals surface area contributed by atoms with Gasteiger partial charge in [0.05, 0.1) is 11.6 Å². The molecule has 1 aromatic heterocycles. The minimum absolute atomic E-state index is 0.0192. The Balaban J connectivity index is 3.37. The molecule has 0 aliphatic rings. The van der Waals surface area contributed by atoms with Gasteiger partial charge in [0.25, 0.3) is 0 Å². The number of aromatic nitrogens is 1. The van der Waals surface area contributed by atoms with Crippen molar-refractivity contribution in [3.63, 3.8) is 0 Å². The number of rotatable bonds is 4. The molecule has 0 fully saturated rings. The summed E-state index contributed by atoms with van der Waals surface area (Å²) in [6.45, 7) is 5.21. The summed E-state index contributed by atoms with van der Waals surface area (Å²) in [4.78, 5) is 25.9. The second-order valence-electron chi connectivity index (χ2n) is 3.45. The van der Waals surface area contributed by atoms with Crippen molar-refractivity contribution < 1.29 is 9.59 Å². The van der Waals surface area contributed by atoms with Gasteiger partial charge in [-0.25, -0.2) is 0 Å². The third-order valence-corrected chi connectivity index (χ3v) is 2.64. The van der Waals surface area contributed by atoms with Gasteiger partial charge in [0.2, 0.25) is 0 Å². The topological polar surface area (TPSA) is 49.9 Å². The predicted octanol–water partition coefficient (Wildman–Crippen LogP) is 2.51. The van der Waals surface area contributed by atoms with Gasteiger partial charge in [-0.15, -0.1) is 11.6 Å². The summed E-state index contributed by atoms with van der Waals surface area (Å²) in [5.41, 5.74) is 2.64. The molecule has 82 valence electrons. The number of Topliss-reactive ketones (excluding diaryl/α,β-unsaturated/α-hetero) is 2. The van der Waals surface area contributed by atoms with E-state index in [4.69, 9.17) is 11.6 Å². The highest BCUT2D eigenvalue weighted by Gasteiger charge is 2.20. The maximum Gasteiger partial charge on any atom is 0.193 e. The number of carbonyl (C=O) groups is 2. The molecule has 1 heterocycles. The Kier molecular flexibility index (Phi) is 3.69. The first kappa shape index (κ1) is 12.0. The number of nitrogens with one attached hydrogen (secondary N) is 1. The molecule has 0 amide bonds. The van der Waals surface area contributed by atoms with Gasteiger partial charge in [0.15, 0.2) is 11.6 Å². The lowest BCUT2D eigenvalue weighted by atomic mass is 10.0. The normalized spacial score (nSPS) is 10.4. The molecule has 1 N–H and O–H groups in total. The fourth-order valence-electron chi connectivity index (χ4n) is 1.81. The SMILES string of the molecule is CCc1c(C(=O)CCl)[nH]c(C)c1C(C)=O. The van der Waals surface area contributed by atoms with Gasteiger partial charge >= 0.3 is 0 Å². The number of H-pyrrole nitrogens is 1. The Labute approximate surface area is 93.8 Å². The Morgan fingerprint density at radius 2 is 2.00 bits per heavy atom. The standard InChI is InChI=1S/C11H14ClNO2/c1-4-8-10(7(3)14)6(2)13-11(8)9(15)5-12/h13H,4-5H2,1-3H3. The number of halogens is 1. The third-order valence-electron chi connectivity index (χ3n) is 2.40. The van der Waals surface area contributed by atoms with E-state index in [1.807, 2.05) is 6.92 Å². The van der Waals surface area contributed by atoms with Crippen LogP contribution in [0.4, 0.5) is 0 Å². The molecule has 0 aliphatic heterocycles. The molecule has 0 saturated heterocycles. The summed E-state index contributed by atoms with van der Waals surface area (Å²) in [6, 6.07) is 0. The van der Waals surface area contributed by atoms with E-state index in [0.717, 1.165) is 11.3 Å². The van der Waals surface area contributed by atoms with Crippen LogP contribution in [0.5, 0.6) is 0 Å². The number of aryl methyl sites for hydroxylation is 1. The number of alkyl halides is 1. The summed E-state index contributed by atoms with van der Waals surface area (Å²) in [6.07, 6.45) is 0.650. The summed E-state index contributed by atoms with van der Waals surface area (Å²) in [5.74, 6) is -0.247. The Morgan fingerprint density at radius 3 is 2.40 bits per heavy atom. The van der Waals surface area contributed by atoms with Crippen LogP contribution in [0.15, 0.2) is 0 Å². The number of carbonyl (C=O) groups excluding carboxylic acids is 2. The molecule has 0 aromatic carbocycles. The second kappa shape index (κ2) is 4.62. The molecule has 0 saturated carbocycles. The van der Waals surface area contributed by atoms with Gasteiger partial charge in [0.1, 0.15) is 0 Å². The molecule has 0 radical (unpaired) electrons. The number of aromatic amines is 1. The van der Waals surface area contributed by atoms with Crippen molar-refractivity contribution in [3.05, 3.63) is 22.5 Å². The lowest BCUT2D eigenvalue weighted by Gasteiger charge is -2.00. The minimum Gasteiger partial charge on any atom is -0.355 e. The summed E-state index contributed by atoms with van der Waals surface area (Å²) < 4.78 is 0. The van der Waals surface area contributed by atoms with Crippen molar-refractivity contribution in [1.82, 2.24) is 4.98 Å². The van der Waals surface area contributed by atoms with Gasteiger partial charge in [-0.1, -0.05) is 6.92 Å². The third kappa shape index (κ3) is 2.12. The largest absolute Gasteiger partial charge is 0.355 e. The van der Waals surface area contributed by atoms with E-state index in [-0.39, 0.29) is 17.4 Å². The first-order chi connectivity index (χ1) is 7.02. The van der Waals surface area contributed by atoms with Crippen molar-refractivity contribution in [2.45, 2.75) is 27.2 Å². The Morgan fingerprint density at radius 1 is 1.40 bits per heavy atom. The van der Waals surface area contributed by atoms with Crippen LogP contribution >= 0.6 is 11.6 Å². The molecule has 1 aromatic rings. The van der Waals surface area contributed by atoms with Crippen LogP contribution in [-0.4, -0.2) is 22.4 Å². The van der Waals surface area contributed by atoms with E-state index in [1.54, 1.807) is 6.92 Å². The zero-order chi connectivity index (χ0) is 11.6. The van der Waals surface area contributed by atoms with Crippen molar-refractivity contribution >= 4 is 23.2 Å². The molecule has 0 unspecified atom stereocenters. The van der Waals surface area contributed by atoms with Gasteiger partial charge < -0.3 is 4.98 Å². The van der Waals surface area contributed by atoms with Crippen LogP contribution in [-0.2, 0) is 6.42 Å². The van der Waals surface area contributed by atoms with E-state index in [9.17, 15) is 9.59 Å². The fraction of sp³-hybridized carbons (Fsp3) is 0.455. The van der Waals surface area contributed by atoms with Crippen LogP contribution < -0.4 is 0 Å². The van der Waals surface area contributed by atoms with Gasteiger partial charge in [-0.2, -0.15) is 0 Å². The molecule has 3 nitrogen and oxygen atoms in total. The van der Waals surface area contributed by atoms with E-state index in [1.165, 1.54) is 6.92 Å². The van der Waals surface area contributed by atoms with E-state index in [2.05, 4.69) is 4.98 Å². The predicted molar refractivity (Wildman–Crippen MR) is 60.0 cm³/mol. The van der Waals surface area contributed by atoms with Crippen LogP contribution in [0.2, 0.25) is 0 Å². The summed E-state index contributed by atoms with van der Waals surface area (Å²) >= 11 is 5.50. The molecule has 15 heavy (non-hydrogen) atoms. The zero-order valence-electron chi connectivity index (χ0n) is 9.11. The smallest absolute Gasteiger partial charge is 0.193 e. The first-order valence-electron chi connectivity index (χ1n) is 4.84. The fourth-order valence-corrected chi connectivity index (χ4v) is 1.95. The molecule has 1 rings (SSSR count). The lowest BCUT2D eigenvalue weighted by molar-refractivity contribution is 0.101. The Hall–Kier alpha value is -1.09. The van der Waals surface area contributed by atoms with Crippen LogP contribution in [0.1, 0.15) is 46.0 Å². The van der Waals surface area contributed by atoms with E-state index in [0.29, 0.717) is 17.7 Å². The molecule has 0 bridgehead atoms. The summed E-state index contributed by atoms with van der Waals surface area (Å²) in [7, 11) is 0. The molecule has 0 aliphatic carbocycles. The number of ketones is 2. The van der Waals surface area contributed by atoms with E-state index >= 15 is 0 Å². The monoisotopic (exact) mass is 227 g/mol. The number of hydrogen-bond donors (Lipinski definition) is 1. The van der Waals surface area contributed by atoms with Crippen molar-refractivity contribution in [2.75, 3.05) is 5.88 Å². The Bertz CT molecular complexity index is 407. The summed E-state index contributed by atoms with van der Waals surface area (Å²) in [5, 5.41) is 0. The average molecular weight is 228 g/mol. The van der Waals surface area contributed by atoms with Crippen LogP contribution in [0, 0.1) is 6.92 Å². The second-order valence-corrected chi connectivity index (χ2v) is 3.71. The van der Waals surface area contributed by atoms with Crippen LogP contribution in [0.3, 0.4) is 0 Å². The van der Waals surface area contributed by atoms with Gasteiger partial charge in [-0.05, 0) is 25.8 Å². The molecule has 0 spiro atoms. The van der Waals surface area contributed by atoms with Gasteiger partial charge in [-0.3, -0.25) is 9.59 Å². The van der Waals surface area contributed by atoms with Crippen molar-refractivity contribution in [3.8, 4) is 0 Å². The van der Waals surface area contributed by atoms with Gasteiger partial charge in [0, 0.05) is 11.3 Å². The molecular weight excluding hydrogens is 214 g/mol. The highest BCUT2D eigenvalue weighted by Crippen LogP contribution is 2.20. The van der Waals surface area contributed by atoms with E-state index < -0.39 is 0 Å². The maximum atomic E-state index is 11.5. The minimum atomic E-state index is -0.163. The zero-order valence-corrected chi connectivity index (χ0v) is 9.86. The molecule has 0 atom stereocenters. The quantitative estimate of drug-likeness (QED) is 0.635. The highest BCUT2D eigenvalue weighted by molar-refractivity contribution is 6.30. The van der Waals surface area contributed by atoms with Crippen molar-refractivity contribution in [1.29, 1.82) is 0 Å². The van der Waals surface area contributed by atoms with Crippen LogP contribution in [0.25, 0.3) is 0 Å². The first-order valence-corrected chi connectivity index (χ1v) is 5.37. The highest BCUT2D eigenvalue weighted by atomic mass is 35.5. The maximum absolute atomic E-state index is 11.5. The lowest BCUT2D eigenvalue weighted by Crippen LogP contribution is -2.05. The number of hydrogen-bond acceptors (Lipinski definition) is 2.